The number of rotatable bonds is 6. The molecule has 0 saturated heterocycles. The summed E-state index contributed by atoms with van der Waals surface area (Å²) in [5.74, 6) is 0.527. The lowest BCUT2D eigenvalue weighted by Crippen LogP contribution is -2.07. The van der Waals surface area contributed by atoms with Crippen molar-refractivity contribution >= 4 is 5.97 Å². The van der Waals surface area contributed by atoms with Gasteiger partial charge in [-0.15, -0.1) is 0 Å². The number of ether oxygens (including phenoxy) is 1. The molecule has 0 spiro atoms. The van der Waals surface area contributed by atoms with Crippen LogP contribution in [-0.2, 0) is 17.6 Å². The Morgan fingerprint density at radius 3 is 2.57 bits per heavy atom. The number of aromatic nitrogens is 1. The van der Waals surface area contributed by atoms with Gasteiger partial charge in [-0.05, 0) is 24.8 Å². The molecule has 112 valence electrons. The quantitative estimate of drug-likeness (QED) is 0.759. The number of carbonyl (C=O) groups excluding carboxylic acids is 1. The maximum Gasteiger partial charge on any atom is 0.376 e. The van der Waals surface area contributed by atoms with E-state index in [0.29, 0.717) is 24.6 Å². The molecule has 0 aliphatic heterocycles. The molecule has 0 saturated carbocycles. The smallest absolute Gasteiger partial charge is 0.376 e. The Kier molecular flexibility index (Phi) is 5.14. The van der Waals surface area contributed by atoms with Gasteiger partial charge >= 0.3 is 5.97 Å². The Morgan fingerprint density at radius 1 is 1.24 bits per heavy atom. The minimum absolute atomic E-state index is 0.124. The van der Waals surface area contributed by atoms with Crippen LogP contribution in [0.5, 0.6) is 0 Å². The van der Waals surface area contributed by atoms with Crippen LogP contribution in [-0.4, -0.2) is 17.6 Å². The Bertz CT molecular complexity index is 587. The molecule has 0 unspecified atom stereocenters. The van der Waals surface area contributed by atoms with Gasteiger partial charge in [-0.1, -0.05) is 44.2 Å². The standard InChI is InChI=1S/C17H21NO3/c1-4-20-17(19)16-15(12(2)3)18-14(21-16)11-10-13-8-6-5-7-9-13/h5-9,12H,4,10-11H2,1-3H3. The summed E-state index contributed by atoms with van der Waals surface area (Å²) >= 11 is 0. The molecule has 0 aliphatic rings. The highest BCUT2D eigenvalue weighted by atomic mass is 16.5. The van der Waals surface area contributed by atoms with Gasteiger partial charge in [-0.2, -0.15) is 0 Å². The molecule has 21 heavy (non-hydrogen) atoms. The van der Waals surface area contributed by atoms with Crippen LogP contribution >= 0.6 is 0 Å². The van der Waals surface area contributed by atoms with Gasteiger partial charge in [0.2, 0.25) is 5.76 Å². The van der Waals surface area contributed by atoms with Gasteiger partial charge in [0.1, 0.15) is 0 Å². The van der Waals surface area contributed by atoms with Crippen LogP contribution in [0.2, 0.25) is 0 Å². The second-order valence-electron chi connectivity index (χ2n) is 5.18. The number of esters is 1. The Morgan fingerprint density at radius 2 is 1.95 bits per heavy atom. The first kappa shape index (κ1) is 15.3. The number of carbonyl (C=O) groups is 1. The van der Waals surface area contributed by atoms with E-state index in [1.165, 1.54) is 5.56 Å². The molecular formula is C17H21NO3. The van der Waals surface area contributed by atoms with Crippen LogP contribution in [0.15, 0.2) is 34.7 Å². The molecule has 1 aromatic heterocycles. The van der Waals surface area contributed by atoms with Gasteiger partial charge < -0.3 is 9.15 Å². The van der Waals surface area contributed by atoms with E-state index in [9.17, 15) is 4.79 Å². The predicted octanol–water partition coefficient (Wildman–Crippen LogP) is 3.76. The third-order valence-corrected chi connectivity index (χ3v) is 3.18. The zero-order valence-corrected chi connectivity index (χ0v) is 12.8. The summed E-state index contributed by atoms with van der Waals surface area (Å²) in [4.78, 5) is 16.4. The van der Waals surface area contributed by atoms with Crippen molar-refractivity contribution < 1.29 is 13.9 Å². The van der Waals surface area contributed by atoms with Crippen molar-refractivity contribution in [3.05, 3.63) is 53.2 Å². The topological polar surface area (TPSA) is 52.3 Å². The fraction of sp³-hybridized carbons (Fsp3) is 0.412. The van der Waals surface area contributed by atoms with E-state index in [2.05, 4.69) is 17.1 Å². The predicted molar refractivity (Wildman–Crippen MR) is 80.4 cm³/mol. The van der Waals surface area contributed by atoms with Gasteiger partial charge in [0.05, 0.1) is 12.3 Å². The lowest BCUT2D eigenvalue weighted by molar-refractivity contribution is 0.0485. The Labute approximate surface area is 125 Å². The van der Waals surface area contributed by atoms with Crippen LogP contribution in [0.1, 0.15) is 54.4 Å². The lowest BCUT2D eigenvalue weighted by Gasteiger charge is -2.02. The largest absolute Gasteiger partial charge is 0.460 e. The first-order valence-corrected chi connectivity index (χ1v) is 7.32. The van der Waals surface area contributed by atoms with Crippen LogP contribution in [0, 0.1) is 0 Å². The van der Waals surface area contributed by atoms with E-state index in [1.807, 2.05) is 32.0 Å². The SMILES string of the molecule is CCOC(=O)c1oc(CCc2ccccc2)nc1C(C)C. The lowest BCUT2D eigenvalue weighted by atomic mass is 10.1. The molecule has 0 amide bonds. The monoisotopic (exact) mass is 287 g/mol. The number of oxazole rings is 1. The molecule has 0 atom stereocenters. The fourth-order valence-corrected chi connectivity index (χ4v) is 2.12. The van der Waals surface area contributed by atoms with Crippen molar-refractivity contribution in [1.82, 2.24) is 4.98 Å². The molecule has 0 N–H and O–H groups in total. The number of hydrogen-bond donors (Lipinski definition) is 0. The summed E-state index contributed by atoms with van der Waals surface area (Å²) in [6.07, 6.45) is 1.50. The molecule has 0 radical (unpaired) electrons. The second kappa shape index (κ2) is 7.07. The highest BCUT2D eigenvalue weighted by Gasteiger charge is 2.23. The van der Waals surface area contributed by atoms with E-state index >= 15 is 0 Å². The van der Waals surface area contributed by atoms with Crippen LogP contribution in [0.25, 0.3) is 0 Å². The van der Waals surface area contributed by atoms with Crippen molar-refractivity contribution in [1.29, 1.82) is 0 Å². The van der Waals surface area contributed by atoms with E-state index in [0.717, 1.165) is 6.42 Å². The van der Waals surface area contributed by atoms with E-state index in [4.69, 9.17) is 9.15 Å². The summed E-state index contributed by atoms with van der Waals surface area (Å²) in [6, 6.07) is 10.1. The average molecular weight is 287 g/mol. The van der Waals surface area contributed by atoms with Gasteiger partial charge in [-0.25, -0.2) is 9.78 Å². The second-order valence-corrected chi connectivity index (χ2v) is 5.18. The first-order chi connectivity index (χ1) is 10.1. The summed E-state index contributed by atoms with van der Waals surface area (Å²) in [7, 11) is 0. The zero-order chi connectivity index (χ0) is 15.2. The molecule has 4 nitrogen and oxygen atoms in total. The minimum atomic E-state index is -0.431. The highest BCUT2D eigenvalue weighted by molar-refractivity contribution is 5.87. The van der Waals surface area contributed by atoms with E-state index < -0.39 is 5.97 Å². The molecule has 0 aliphatic carbocycles. The van der Waals surface area contributed by atoms with Crippen molar-refractivity contribution in [2.45, 2.75) is 39.5 Å². The highest BCUT2D eigenvalue weighted by Crippen LogP contribution is 2.22. The van der Waals surface area contributed by atoms with Crippen LogP contribution in [0.4, 0.5) is 0 Å². The first-order valence-electron chi connectivity index (χ1n) is 7.32. The Hall–Kier alpha value is -2.10. The van der Waals surface area contributed by atoms with Crippen molar-refractivity contribution in [2.75, 3.05) is 6.61 Å². The number of aryl methyl sites for hydroxylation is 2. The minimum Gasteiger partial charge on any atom is -0.460 e. The van der Waals surface area contributed by atoms with Crippen molar-refractivity contribution in [2.24, 2.45) is 0 Å². The molecular weight excluding hydrogens is 266 g/mol. The fourth-order valence-electron chi connectivity index (χ4n) is 2.12. The molecule has 2 rings (SSSR count). The van der Waals surface area contributed by atoms with Crippen LogP contribution in [0.3, 0.4) is 0 Å². The van der Waals surface area contributed by atoms with Gasteiger partial charge in [0.25, 0.3) is 0 Å². The zero-order valence-electron chi connectivity index (χ0n) is 12.8. The molecule has 4 heteroatoms. The molecule has 0 bridgehead atoms. The average Bonchev–Trinajstić information content (AvgIpc) is 2.91. The summed E-state index contributed by atoms with van der Waals surface area (Å²) < 4.78 is 10.6. The maximum absolute atomic E-state index is 11.9. The van der Waals surface area contributed by atoms with Gasteiger partial charge in [-0.3, -0.25) is 0 Å². The maximum atomic E-state index is 11.9. The number of benzene rings is 1. The Balaban J connectivity index is 2.13. The van der Waals surface area contributed by atoms with Crippen molar-refractivity contribution in [3.8, 4) is 0 Å². The summed E-state index contributed by atoms with van der Waals surface area (Å²) in [5, 5.41) is 0. The molecule has 1 aromatic carbocycles. The normalized spacial score (nSPS) is 10.9. The summed E-state index contributed by atoms with van der Waals surface area (Å²) in [5.41, 5.74) is 1.90. The van der Waals surface area contributed by atoms with Crippen LogP contribution < -0.4 is 0 Å². The van der Waals surface area contributed by atoms with Crippen molar-refractivity contribution in [3.63, 3.8) is 0 Å². The number of hydrogen-bond acceptors (Lipinski definition) is 4. The molecule has 0 fully saturated rings. The summed E-state index contributed by atoms with van der Waals surface area (Å²) in [6.45, 7) is 6.08. The molecule has 1 heterocycles. The third kappa shape index (κ3) is 3.94. The molecule has 2 aromatic rings. The van der Waals surface area contributed by atoms with E-state index in [1.54, 1.807) is 6.92 Å². The van der Waals surface area contributed by atoms with Gasteiger partial charge in [0, 0.05) is 6.42 Å². The van der Waals surface area contributed by atoms with E-state index in [-0.39, 0.29) is 11.7 Å². The third-order valence-electron chi connectivity index (χ3n) is 3.18. The number of nitrogens with zero attached hydrogens (tertiary/aromatic N) is 1. The van der Waals surface area contributed by atoms with Gasteiger partial charge in [0.15, 0.2) is 5.89 Å².